The molecule has 0 radical (unpaired) electrons. The summed E-state index contributed by atoms with van der Waals surface area (Å²) >= 11 is 6.26. The van der Waals surface area contributed by atoms with Crippen LogP contribution in [0.2, 0.25) is 5.02 Å². The highest BCUT2D eigenvalue weighted by Gasteiger charge is 2.41. The molecular weight excluding hydrogens is 582 g/mol. The molecule has 0 aliphatic carbocycles. The van der Waals surface area contributed by atoms with Gasteiger partial charge in [-0.1, -0.05) is 151 Å². The maximum Gasteiger partial charge on any atom is 0.179 e. The van der Waals surface area contributed by atoms with Crippen molar-refractivity contribution < 1.29 is 0 Å². The standard InChI is InChI=1S/C42H30ClNSi/c43-33-24-21-31(22-25-33)32-23-27-41-39(29-32)40-30-38(26-28-42(40)44(41)34-13-5-1-6-14-34)45(35-15-7-2-8-16-35,36-17-9-3-10-18-36)37-19-11-4-12-20-37/h1-30H. The summed E-state index contributed by atoms with van der Waals surface area (Å²) in [7, 11) is -2.68. The van der Waals surface area contributed by atoms with Crippen LogP contribution in [0.1, 0.15) is 0 Å². The highest BCUT2D eigenvalue weighted by molar-refractivity contribution is 7.20. The lowest BCUT2D eigenvalue weighted by atomic mass is 10.0. The fourth-order valence-electron chi connectivity index (χ4n) is 7.00. The fraction of sp³-hybridized carbons (Fsp3) is 0. The Hall–Kier alpha value is -5.15. The van der Waals surface area contributed by atoms with Gasteiger partial charge in [-0.15, -0.1) is 0 Å². The minimum atomic E-state index is -2.68. The third-order valence-electron chi connectivity index (χ3n) is 9.01. The van der Waals surface area contributed by atoms with Crippen molar-refractivity contribution in [2.24, 2.45) is 0 Å². The van der Waals surface area contributed by atoms with Crippen LogP contribution in [0.3, 0.4) is 0 Å². The zero-order valence-electron chi connectivity index (χ0n) is 24.6. The third kappa shape index (κ3) is 4.62. The Balaban J connectivity index is 1.48. The summed E-state index contributed by atoms with van der Waals surface area (Å²) in [4.78, 5) is 0. The molecule has 8 aromatic rings. The number of aromatic nitrogens is 1. The van der Waals surface area contributed by atoms with Gasteiger partial charge in [0.15, 0.2) is 8.07 Å². The number of rotatable bonds is 6. The van der Waals surface area contributed by atoms with Crippen LogP contribution in [0.15, 0.2) is 182 Å². The summed E-state index contributed by atoms with van der Waals surface area (Å²) in [6.45, 7) is 0. The molecule has 1 nitrogen and oxygen atoms in total. The van der Waals surface area contributed by atoms with Crippen molar-refractivity contribution in [2.45, 2.75) is 0 Å². The number of nitrogens with zero attached hydrogens (tertiary/aromatic N) is 1. The minimum Gasteiger partial charge on any atom is -0.309 e. The van der Waals surface area contributed by atoms with Gasteiger partial charge in [0.2, 0.25) is 0 Å². The average Bonchev–Trinajstić information content (AvgIpc) is 3.44. The molecule has 0 amide bonds. The van der Waals surface area contributed by atoms with E-state index in [9.17, 15) is 0 Å². The molecule has 0 aliphatic heterocycles. The molecule has 8 rings (SSSR count). The van der Waals surface area contributed by atoms with E-state index in [4.69, 9.17) is 11.6 Å². The zero-order valence-corrected chi connectivity index (χ0v) is 26.4. The Morgan fingerprint density at radius 2 is 0.822 bits per heavy atom. The van der Waals surface area contributed by atoms with Crippen molar-refractivity contribution in [3.05, 3.63) is 187 Å². The second kappa shape index (κ2) is 11.4. The smallest absolute Gasteiger partial charge is 0.179 e. The van der Waals surface area contributed by atoms with E-state index in [0.717, 1.165) is 16.3 Å². The number of hydrogen-bond acceptors (Lipinski definition) is 0. The van der Waals surface area contributed by atoms with E-state index in [2.05, 4.69) is 174 Å². The van der Waals surface area contributed by atoms with Crippen molar-refractivity contribution in [3.63, 3.8) is 0 Å². The van der Waals surface area contributed by atoms with Gasteiger partial charge in [-0.2, -0.15) is 0 Å². The van der Waals surface area contributed by atoms with Crippen molar-refractivity contribution in [2.75, 3.05) is 0 Å². The molecule has 0 unspecified atom stereocenters. The van der Waals surface area contributed by atoms with E-state index >= 15 is 0 Å². The minimum absolute atomic E-state index is 0.745. The predicted octanol–water partition coefficient (Wildman–Crippen LogP) is 8.48. The van der Waals surface area contributed by atoms with Gasteiger partial charge in [0.1, 0.15) is 0 Å². The molecule has 0 atom stereocenters. The first-order valence-electron chi connectivity index (χ1n) is 15.3. The zero-order chi connectivity index (χ0) is 30.2. The van der Waals surface area contributed by atoms with Crippen molar-refractivity contribution in [1.82, 2.24) is 4.57 Å². The van der Waals surface area contributed by atoms with Crippen LogP contribution in [-0.2, 0) is 0 Å². The Labute approximate surface area is 269 Å². The number of benzene rings is 7. The van der Waals surface area contributed by atoms with E-state index in [1.54, 1.807) is 0 Å². The van der Waals surface area contributed by atoms with Gasteiger partial charge in [-0.25, -0.2) is 0 Å². The van der Waals surface area contributed by atoms with Crippen LogP contribution in [0, 0.1) is 0 Å². The van der Waals surface area contributed by atoms with Crippen LogP contribution in [0.5, 0.6) is 0 Å². The van der Waals surface area contributed by atoms with E-state index in [0.29, 0.717) is 0 Å². The topological polar surface area (TPSA) is 4.93 Å². The monoisotopic (exact) mass is 611 g/mol. The maximum atomic E-state index is 6.26. The number of halogens is 1. The lowest BCUT2D eigenvalue weighted by Gasteiger charge is -2.34. The molecule has 0 spiro atoms. The van der Waals surface area contributed by atoms with Gasteiger partial charge in [0.25, 0.3) is 0 Å². The van der Waals surface area contributed by atoms with Gasteiger partial charge < -0.3 is 4.57 Å². The number of fused-ring (bicyclic) bond motifs is 3. The SMILES string of the molecule is Clc1ccc(-c2ccc3c(c2)c2cc([Si](c4ccccc4)(c4ccccc4)c4ccccc4)ccc2n3-c2ccccc2)cc1. The molecule has 45 heavy (non-hydrogen) atoms. The Morgan fingerprint density at radius 1 is 0.378 bits per heavy atom. The summed E-state index contributed by atoms with van der Waals surface area (Å²) in [5.41, 5.74) is 5.87. The molecule has 214 valence electrons. The summed E-state index contributed by atoms with van der Waals surface area (Å²) in [5, 5.41) is 8.71. The van der Waals surface area contributed by atoms with Gasteiger partial charge >= 0.3 is 0 Å². The predicted molar refractivity (Wildman–Crippen MR) is 195 cm³/mol. The first kappa shape index (κ1) is 27.4. The summed E-state index contributed by atoms with van der Waals surface area (Å²) in [6.07, 6.45) is 0. The molecule has 0 N–H and O–H groups in total. The summed E-state index contributed by atoms with van der Waals surface area (Å²) < 4.78 is 2.40. The van der Waals surface area contributed by atoms with Crippen molar-refractivity contribution in [1.29, 1.82) is 0 Å². The number of hydrogen-bond donors (Lipinski definition) is 0. The molecular formula is C42H30ClNSi. The first-order valence-corrected chi connectivity index (χ1v) is 17.7. The van der Waals surface area contributed by atoms with Gasteiger partial charge in [0.05, 0.1) is 11.0 Å². The highest BCUT2D eigenvalue weighted by Crippen LogP contribution is 2.35. The Morgan fingerprint density at radius 3 is 1.36 bits per heavy atom. The normalized spacial score (nSPS) is 11.7. The highest BCUT2D eigenvalue weighted by atomic mass is 35.5. The second-order valence-electron chi connectivity index (χ2n) is 11.5. The lowest BCUT2D eigenvalue weighted by molar-refractivity contribution is 1.18. The van der Waals surface area contributed by atoms with Crippen LogP contribution >= 0.6 is 11.6 Å². The first-order chi connectivity index (χ1) is 22.2. The van der Waals surface area contributed by atoms with E-state index in [1.807, 2.05) is 12.1 Å². The number of para-hydroxylation sites is 1. The van der Waals surface area contributed by atoms with Crippen molar-refractivity contribution in [3.8, 4) is 16.8 Å². The lowest BCUT2D eigenvalue weighted by Crippen LogP contribution is -2.74. The van der Waals surface area contributed by atoms with Crippen LogP contribution in [0.4, 0.5) is 0 Å². The fourth-order valence-corrected chi connectivity index (χ4v) is 11.9. The molecule has 0 aliphatic rings. The largest absolute Gasteiger partial charge is 0.309 e. The summed E-state index contributed by atoms with van der Waals surface area (Å²) in [6, 6.07) is 66.3. The molecule has 1 heterocycles. The van der Waals surface area contributed by atoms with E-state index < -0.39 is 8.07 Å². The molecule has 3 heteroatoms. The molecule has 0 saturated heterocycles. The average molecular weight is 612 g/mol. The van der Waals surface area contributed by atoms with Gasteiger partial charge in [-0.05, 0) is 74.3 Å². The molecule has 0 bridgehead atoms. The third-order valence-corrected chi connectivity index (χ3v) is 14.0. The van der Waals surface area contributed by atoms with E-state index in [-0.39, 0.29) is 0 Å². The van der Waals surface area contributed by atoms with Crippen LogP contribution in [-0.4, -0.2) is 12.6 Å². The van der Waals surface area contributed by atoms with Crippen LogP contribution in [0.25, 0.3) is 38.6 Å². The summed E-state index contributed by atoms with van der Waals surface area (Å²) in [5.74, 6) is 0. The second-order valence-corrected chi connectivity index (χ2v) is 15.7. The molecule has 7 aromatic carbocycles. The molecule has 1 aromatic heterocycles. The van der Waals surface area contributed by atoms with Crippen molar-refractivity contribution >= 4 is 62.2 Å². The molecule has 0 saturated carbocycles. The molecule has 0 fully saturated rings. The van der Waals surface area contributed by atoms with Gasteiger partial charge in [-0.3, -0.25) is 0 Å². The Kier molecular flexibility index (Phi) is 6.94. The maximum absolute atomic E-state index is 6.26. The quantitative estimate of drug-likeness (QED) is 0.131. The Bertz CT molecular complexity index is 2150. The van der Waals surface area contributed by atoms with Gasteiger partial charge in [0, 0.05) is 21.5 Å². The van der Waals surface area contributed by atoms with E-state index in [1.165, 1.54) is 48.1 Å². The van der Waals surface area contributed by atoms with Crippen LogP contribution < -0.4 is 20.7 Å².